The van der Waals surface area contributed by atoms with Crippen molar-refractivity contribution in [3.8, 4) is 0 Å². The van der Waals surface area contributed by atoms with Gasteiger partial charge in [0.05, 0.1) is 0 Å². The lowest BCUT2D eigenvalue weighted by Crippen LogP contribution is -2.43. The number of rotatable bonds is 5. The number of hydrogen-bond acceptors (Lipinski definition) is 3. The quantitative estimate of drug-likeness (QED) is 0.270. The van der Waals surface area contributed by atoms with Crippen LogP contribution in [0.3, 0.4) is 0 Å². The third-order valence-electron chi connectivity index (χ3n) is 1.41. The Bertz CT molecular complexity index is 130. The first-order valence-electron chi connectivity index (χ1n) is 4.05. The summed E-state index contributed by atoms with van der Waals surface area (Å²) in [7, 11) is 0. The zero-order valence-electron chi connectivity index (χ0n) is 7.59. The zero-order chi connectivity index (χ0) is 9.40. The second kappa shape index (κ2) is 7.64. The largest absolute Gasteiger partial charge is 0.359 e. The average molecular weight is 207 g/mol. The van der Waals surface area contributed by atoms with Gasteiger partial charge in [0.25, 0.3) is 0 Å². The van der Waals surface area contributed by atoms with E-state index in [0.717, 1.165) is 12.2 Å². The summed E-state index contributed by atoms with van der Waals surface area (Å²) < 4.78 is 0. The summed E-state index contributed by atoms with van der Waals surface area (Å²) in [5, 5.41) is 3.59. The van der Waals surface area contributed by atoms with E-state index in [1.807, 2.05) is 11.8 Å². The van der Waals surface area contributed by atoms with Gasteiger partial charge in [0.2, 0.25) is 0 Å². The van der Waals surface area contributed by atoms with E-state index in [-0.39, 0.29) is 0 Å². The molecule has 4 N–H and O–H groups in total. The lowest BCUT2D eigenvalue weighted by atomic mass is 10.3. The molecule has 0 fully saturated rings. The van der Waals surface area contributed by atoms with E-state index in [1.165, 1.54) is 5.75 Å². The molecule has 0 aliphatic rings. The van der Waals surface area contributed by atoms with Crippen LogP contribution in [-0.4, -0.2) is 22.7 Å². The van der Waals surface area contributed by atoms with E-state index in [0.29, 0.717) is 11.2 Å². The van der Waals surface area contributed by atoms with Crippen LogP contribution in [0.2, 0.25) is 0 Å². The van der Waals surface area contributed by atoms with Gasteiger partial charge in [-0.2, -0.15) is 11.8 Å². The topological polar surface area (TPSA) is 50.1 Å². The van der Waals surface area contributed by atoms with E-state index in [2.05, 4.69) is 24.6 Å². The fourth-order valence-corrected chi connectivity index (χ4v) is 1.75. The Labute approximate surface area is 83.8 Å². The predicted molar refractivity (Wildman–Crippen MR) is 60.1 cm³/mol. The maximum Gasteiger partial charge on any atom is 0.180 e. The number of hydrazine groups is 1. The summed E-state index contributed by atoms with van der Waals surface area (Å²) in [6.07, 6.45) is 1.11. The van der Waals surface area contributed by atoms with Crippen LogP contribution in [0.5, 0.6) is 0 Å². The minimum atomic E-state index is 0.396. The molecule has 0 aliphatic heterocycles. The maximum atomic E-state index is 5.12. The molecule has 0 aliphatic carbocycles. The number of nitrogens with one attached hydrogen (secondary N) is 2. The highest BCUT2D eigenvalue weighted by Crippen LogP contribution is 2.03. The lowest BCUT2D eigenvalue weighted by molar-refractivity contribution is 0.639. The smallest absolute Gasteiger partial charge is 0.180 e. The third-order valence-corrected chi connectivity index (χ3v) is 2.58. The maximum absolute atomic E-state index is 5.12. The summed E-state index contributed by atoms with van der Waals surface area (Å²) in [6.45, 7) is 4.26. The molecule has 0 aromatic carbocycles. The van der Waals surface area contributed by atoms with Crippen LogP contribution in [-0.2, 0) is 0 Å². The van der Waals surface area contributed by atoms with Gasteiger partial charge in [-0.1, -0.05) is 6.92 Å². The first-order valence-corrected chi connectivity index (χ1v) is 5.61. The molecule has 0 saturated heterocycles. The van der Waals surface area contributed by atoms with Gasteiger partial charge in [0, 0.05) is 6.04 Å². The van der Waals surface area contributed by atoms with Crippen molar-refractivity contribution in [2.45, 2.75) is 26.3 Å². The summed E-state index contributed by atoms with van der Waals surface area (Å²) in [6, 6.07) is 0.396. The van der Waals surface area contributed by atoms with Gasteiger partial charge in [-0.3, -0.25) is 0 Å². The fourth-order valence-electron chi connectivity index (χ4n) is 0.742. The predicted octanol–water partition coefficient (Wildman–Crippen LogP) is 0.856. The van der Waals surface area contributed by atoms with Gasteiger partial charge in [-0.25, -0.2) is 5.84 Å². The standard InChI is InChI=1S/C7H17N3S2/c1-3-12-5-4-6(2)9-7(11)10-8/h6H,3-5,8H2,1-2H3,(H2,9,10,11). The molecule has 0 aromatic heterocycles. The summed E-state index contributed by atoms with van der Waals surface area (Å²) in [5.74, 6) is 7.45. The van der Waals surface area contributed by atoms with Crippen LogP contribution < -0.4 is 16.6 Å². The first-order chi connectivity index (χ1) is 5.70. The van der Waals surface area contributed by atoms with Crippen molar-refractivity contribution in [3.63, 3.8) is 0 Å². The first kappa shape index (κ1) is 12.0. The van der Waals surface area contributed by atoms with Crippen LogP contribution in [0.1, 0.15) is 20.3 Å². The molecule has 72 valence electrons. The van der Waals surface area contributed by atoms with Crippen molar-refractivity contribution >= 4 is 29.1 Å². The number of hydrogen-bond donors (Lipinski definition) is 3. The molecule has 1 atom stereocenters. The molecule has 5 heteroatoms. The molecule has 0 spiro atoms. The fraction of sp³-hybridized carbons (Fsp3) is 0.857. The van der Waals surface area contributed by atoms with E-state index < -0.39 is 0 Å². The Morgan fingerprint density at radius 1 is 1.67 bits per heavy atom. The molecule has 0 saturated carbocycles. The highest BCUT2D eigenvalue weighted by atomic mass is 32.2. The van der Waals surface area contributed by atoms with Crippen molar-refractivity contribution in [1.82, 2.24) is 10.7 Å². The molecular formula is C7H17N3S2. The molecule has 0 heterocycles. The van der Waals surface area contributed by atoms with E-state index in [9.17, 15) is 0 Å². The highest BCUT2D eigenvalue weighted by Gasteiger charge is 2.01. The summed E-state index contributed by atoms with van der Waals surface area (Å²) in [4.78, 5) is 0. The van der Waals surface area contributed by atoms with Crippen LogP contribution >= 0.6 is 24.0 Å². The number of thioether (sulfide) groups is 1. The minimum absolute atomic E-state index is 0.396. The van der Waals surface area contributed by atoms with Gasteiger partial charge >= 0.3 is 0 Å². The van der Waals surface area contributed by atoms with Crippen LogP contribution in [0, 0.1) is 0 Å². The van der Waals surface area contributed by atoms with Crippen molar-refractivity contribution in [2.24, 2.45) is 5.84 Å². The van der Waals surface area contributed by atoms with Crippen LogP contribution in [0.15, 0.2) is 0 Å². The molecule has 0 bridgehead atoms. The van der Waals surface area contributed by atoms with E-state index in [4.69, 9.17) is 18.1 Å². The molecule has 3 nitrogen and oxygen atoms in total. The number of nitrogens with two attached hydrogens (primary N) is 1. The lowest BCUT2D eigenvalue weighted by Gasteiger charge is -2.14. The van der Waals surface area contributed by atoms with Crippen LogP contribution in [0.25, 0.3) is 0 Å². The second-order valence-corrected chi connectivity index (χ2v) is 4.31. The van der Waals surface area contributed by atoms with Gasteiger partial charge < -0.3 is 10.7 Å². The Kier molecular flexibility index (Phi) is 7.64. The molecule has 0 aromatic rings. The number of thiocarbonyl (C=S) groups is 1. The Hall–Kier alpha value is -0.0000000000000000486. The zero-order valence-corrected chi connectivity index (χ0v) is 9.23. The van der Waals surface area contributed by atoms with Crippen LogP contribution in [0.4, 0.5) is 0 Å². The van der Waals surface area contributed by atoms with Crippen molar-refractivity contribution in [2.75, 3.05) is 11.5 Å². The Morgan fingerprint density at radius 3 is 2.83 bits per heavy atom. The highest BCUT2D eigenvalue weighted by molar-refractivity contribution is 7.99. The van der Waals surface area contributed by atoms with E-state index >= 15 is 0 Å². The van der Waals surface area contributed by atoms with Crippen molar-refractivity contribution < 1.29 is 0 Å². The minimum Gasteiger partial charge on any atom is -0.359 e. The SMILES string of the molecule is CCSCCC(C)NC(=S)NN. The summed E-state index contributed by atoms with van der Waals surface area (Å²) >= 11 is 6.79. The Morgan fingerprint density at radius 2 is 2.33 bits per heavy atom. The molecular weight excluding hydrogens is 190 g/mol. The van der Waals surface area contributed by atoms with Gasteiger partial charge in [-0.15, -0.1) is 0 Å². The van der Waals surface area contributed by atoms with Gasteiger partial charge in [0.1, 0.15) is 0 Å². The molecule has 0 rings (SSSR count). The van der Waals surface area contributed by atoms with Gasteiger partial charge in [0.15, 0.2) is 5.11 Å². The average Bonchev–Trinajstić information content (AvgIpc) is 2.05. The van der Waals surface area contributed by atoms with Crippen molar-refractivity contribution in [1.29, 1.82) is 0 Å². The molecule has 1 unspecified atom stereocenters. The Balaban J connectivity index is 3.32. The third kappa shape index (κ3) is 6.69. The van der Waals surface area contributed by atoms with Crippen molar-refractivity contribution in [3.05, 3.63) is 0 Å². The monoisotopic (exact) mass is 207 g/mol. The summed E-state index contributed by atoms with van der Waals surface area (Å²) in [5.41, 5.74) is 2.40. The molecule has 0 radical (unpaired) electrons. The second-order valence-electron chi connectivity index (χ2n) is 2.50. The van der Waals surface area contributed by atoms with E-state index in [1.54, 1.807) is 0 Å². The molecule has 12 heavy (non-hydrogen) atoms. The normalized spacial score (nSPS) is 12.2. The molecule has 0 amide bonds. The van der Waals surface area contributed by atoms with Gasteiger partial charge in [-0.05, 0) is 37.1 Å².